The molecule has 0 rings (SSSR count). The summed E-state index contributed by atoms with van der Waals surface area (Å²) in [5.41, 5.74) is 0. The van der Waals surface area contributed by atoms with E-state index in [1.165, 1.54) is 19.8 Å². The van der Waals surface area contributed by atoms with E-state index in [4.69, 9.17) is 0 Å². The molecule has 0 bridgehead atoms. The minimum Gasteiger partial charge on any atom is -0.359 e. The Bertz CT molecular complexity index is 72.1. The molecule has 0 saturated carbocycles. The molecule has 0 heterocycles. The van der Waals surface area contributed by atoms with Crippen molar-refractivity contribution in [1.82, 2.24) is 5.32 Å². The first-order valence-electron chi connectivity index (χ1n) is 9.66. The molecule has 0 aliphatic rings. The zero-order valence-corrected chi connectivity index (χ0v) is 19.2. The summed E-state index contributed by atoms with van der Waals surface area (Å²) in [6, 6.07) is 0. The van der Waals surface area contributed by atoms with Crippen LogP contribution in [0.3, 0.4) is 0 Å². The van der Waals surface area contributed by atoms with Crippen LogP contribution in [0, 0.1) is 6.92 Å². The lowest BCUT2D eigenvalue weighted by Crippen LogP contribution is -2.11. The minimum atomic E-state index is 0.00463. The third-order valence-electron chi connectivity index (χ3n) is 0.956. The number of hydrogen-bond acceptors (Lipinski definition) is 1. The maximum atomic E-state index is 9.70. The number of rotatable bonds is 2. The van der Waals surface area contributed by atoms with Crippen molar-refractivity contribution < 1.29 is 4.79 Å². The molecule has 0 aliphatic heterocycles. The number of unbranched alkanes of at least 4 members (excludes halogenated alkanes) is 2. The average molecular weight is 325 g/mol. The van der Waals surface area contributed by atoms with E-state index in [1.54, 1.807) is 7.05 Å². The molecule has 0 fully saturated rings. The lowest BCUT2D eigenvalue weighted by atomic mass is 10.3. The Kier molecular flexibility index (Phi) is 418. The molecular formula is C20H54NO-. The molecule has 0 spiro atoms. The molecule has 0 atom stereocenters. The summed E-state index contributed by atoms with van der Waals surface area (Å²) >= 11 is 0. The van der Waals surface area contributed by atoms with E-state index in [2.05, 4.69) is 19.2 Å². The molecule has 0 aromatic heterocycles. The van der Waals surface area contributed by atoms with Gasteiger partial charge < -0.3 is 12.2 Å². The van der Waals surface area contributed by atoms with Gasteiger partial charge in [0.2, 0.25) is 5.91 Å². The first-order valence-corrected chi connectivity index (χ1v) is 9.66. The van der Waals surface area contributed by atoms with Crippen LogP contribution in [0.25, 0.3) is 0 Å². The van der Waals surface area contributed by atoms with E-state index in [1.807, 2.05) is 83.1 Å². The number of hydrogen-bond donors (Lipinski definition) is 1. The zero-order chi connectivity index (χ0) is 20.4. The second-order valence-corrected chi connectivity index (χ2v) is 2.01. The minimum absolute atomic E-state index is 0.00463. The van der Waals surface area contributed by atoms with E-state index in [0.29, 0.717) is 0 Å². The Morgan fingerprint density at radius 3 is 0.955 bits per heavy atom. The van der Waals surface area contributed by atoms with Gasteiger partial charge in [-0.1, -0.05) is 103 Å². The average Bonchev–Trinajstić information content (AvgIpc) is 2.66. The Hall–Kier alpha value is -0.530. The molecule has 22 heavy (non-hydrogen) atoms. The highest BCUT2D eigenvalue weighted by Crippen LogP contribution is 1.87. The highest BCUT2D eigenvalue weighted by molar-refractivity contribution is 5.72. The van der Waals surface area contributed by atoms with Crippen LogP contribution in [0.2, 0.25) is 0 Å². The van der Waals surface area contributed by atoms with Gasteiger partial charge in [0.1, 0.15) is 0 Å². The van der Waals surface area contributed by atoms with Crippen molar-refractivity contribution in [2.75, 3.05) is 7.05 Å². The maximum Gasteiger partial charge on any atom is 0.216 e. The topological polar surface area (TPSA) is 29.1 Å². The van der Waals surface area contributed by atoms with E-state index >= 15 is 0 Å². The Morgan fingerprint density at radius 1 is 0.773 bits per heavy atom. The molecule has 0 aliphatic carbocycles. The summed E-state index contributed by atoms with van der Waals surface area (Å²) in [4.78, 5) is 9.70. The SMILES string of the molecule is CC.CC.CC.CC.CC.CC.CNC(C)=O.[CH2-]CCCC. The van der Waals surface area contributed by atoms with Crippen LogP contribution in [0.1, 0.15) is 116 Å². The predicted octanol–water partition coefficient (Wildman–Crippen LogP) is 7.92. The van der Waals surface area contributed by atoms with Gasteiger partial charge in [0.15, 0.2) is 0 Å². The van der Waals surface area contributed by atoms with Crippen LogP contribution >= 0.6 is 0 Å². The molecule has 0 radical (unpaired) electrons. The van der Waals surface area contributed by atoms with Gasteiger partial charge in [-0.15, -0.1) is 0 Å². The molecular weight excluding hydrogens is 270 g/mol. The van der Waals surface area contributed by atoms with Crippen molar-refractivity contribution in [3.05, 3.63) is 6.92 Å². The molecule has 2 heteroatoms. The molecule has 0 saturated heterocycles. The Balaban J connectivity index is -0.0000000180. The predicted molar refractivity (Wildman–Crippen MR) is 113 cm³/mol. The maximum absolute atomic E-state index is 9.70. The molecule has 2 nitrogen and oxygen atoms in total. The van der Waals surface area contributed by atoms with Crippen molar-refractivity contribution >= 4 is 5.91 Å². The largest absolute Gasteiger partial charge is 0.359 e. The van der Waals surface area contributed by atoms with Crippen LogP contribution in [0.15, 0.2) is 0 Å². The van der Waals surface area contributed by atoms with Gasteiger partial charge in [0, 0.05) is 14.0 Å². The fourth-order valence-electron chi connectivity index (χ4n) is 0.250. The molecule has 1 N–H and O–H groups in total. The molecule has 1 amide bonds. The van der Waals surface area contributed by atoms with Gasteiger partial charge in [-0.25, -0.2) is 0 Å². The second kappa shape index (κ2) is 185. The van der Waals surface area contributed by atoms with Gasteiger partial charge in [-0.05, 0) is 0 Å². The van der Waals surface area contributed by atoms with E-state index < -0.39 is 0 Å². The summed E-state index contributed by atoms with van der Waals surface area (Å²) < 4.78 is 0. The number of amides is 1. The third kappa shape index (κ3) is 552. The van der Waals surface area contributed by atoms with Gasteiger partial charge in [-0.3, -0.25) is 4.79 Å². The summed E-state index contributed by atoms with van der Waals surface area (Å²) in [6.45, 7) is 31.3. The zero-order valence-electron chi connectivity index (χ0n) is 19.2. The van der Waals surface area contributed by atoms with Crippen LogP contribution in [-0.2, 0) is 4.79 Å². The fourth-order valence-corrected chi connectivity index (χ4v) is 0.250. The smallest absolute Gasteiger partial charge is 0.216 e. The van der Waals surface area contributed by atoms with Crippen molar-refractivity contribution in [2.45, 2.75) is 116 Å². The Morgan fingerprint density at radius 2 is 0.955 bits per heavy atom. The molecule has 0 aromatic carbocycles. The van der Waals surface area contributed by atoms with Crippen molar-refractivity contribution in [3.8, 4) is 0 Å². The summed E-state index contributed by atoms with van der Waals surface area (Å²) in [5, 5.41) is 2.39. The lowest BCUT2D eigenvalue weighted by molar-refractivity contribution is -0.118. The molecule has 146 valence electrons. The molecule has 0 aromatic rings. The standard InChI is InChI=1S/C5H11.C3H7NO.6C2H6/c1-3-5-4-2;1-3(5)4-2;6*1-2/h1,3-5H2,2H3;1-2H3,(H,4,5);6*1-2H3/q-1;;;;;;;. The normalized spacial score (nSPS) is 5.09. The lowest BCUT2D eigenvalue weighted by Gasteiger charge is -1.86. The third-order valence-corrected chi connectivity index (χ3v) is 0.956. The number of nitrogens with one attached hydrogen (secondary N) is 1. The summed E-state index contributed by atoms with van der Waals surface area (Å²) in [5.74, 6) is 0.00463. The first kappa shape index (κ1) is 49.6. The van der Waals surface area contributed by atoms with E-state index in [-0.39, 0.29) is 5.91 Å². The van der Waals surface area contributed by atoms with Crippen LogP contribution < -0.4 is 5.32 Å². The van der Waals surface area contributed by atoms with Crippen molar-refractivity contribution in [3.63, 3.8) is 0 Å². The quantitative estimate of drug-likeness (QED) is 0.513. The number of carbonyl (C=O) groups is 1. The number of carbonyl (C=O) groups excluding carboxylic acids is 1. The van der Waals surface area contributed by atoms with E-state index in [9.17, 15) is 4.79 Å². The molecule has 0 unspecified atom stereocenters. The van der Waals surface area contributed by atoms with Gasteiger partial charge in [-0.2, -0.15) is 6.42 Å². The van der Waals surface area contributed by atoms with E-state index in [0.717, 1.165) is 6.42 Å². The monoisotopic (exact) mass is 324 g/mol. The Labute approximate surface area is 146 Å². The van der Waals surface area contributed by atoms with Crippen LogP contribution in [0.4, 0.5) is 0 Å². The first-order chi connectivity index (χ1) is 10.7. The van der Waals surface area contributed by atoms with Gasteiger partial charge in [0.05, 0.1) is 0 Å². The second-order valence-electron chi connectivity index (χ2n) is 2.01. The van der Waals surface area contributed by atoms with Gasteiger partial charge in [0.25, 0.3) is 0 Å². The summed E-state index contributed by atoms with van der Waals surface area (Å²) in [6.07, 6.45) is 3.65. The summed E-state index contributed by atoms with van der Waals surface area (Å²) in [7, 11) is 1.60. The highest BCUT2D eigenvalue weighted by atomic mass is 16.1. The van der Waals surface area contributed by atoms with Crippen molar-refractivity contribution in [1.29, 1.82) is 0 Å². The fraction of sp³-hybridized carbons (Fsp3) is 0.900. The van der Waals surface area contributed by atoms with Gasteiger partial charge >= 0.3 is 0 Å². The van der Waals surface area contributed by atoms with Crippen molar-refractivity contribution in [2.24, 2.45) is 0 Å². The highest BCUT2D eigenvalue weighted by Gasteiger charge is 1.72. The van der Waals surface area contributed by atoms with Crippen LogP contribution in [0.5, 0.6) is 0 Å². The van der Waals surface area contributed by atoms with Crippen LogP contribution in [-0.4, -0.2) is 13.0 Å².